The summed E-state index contributed by atoms with van der Waals surface area (Å²) in [4.78, 5) is 24.5. The molecule has 3 aromatic rings. The smallest absolute Gasteiger partial charge is 0.276 e. The van der Waals surface area contributed by atoms with Crippen molar-refractivity contribution in [2.24, 2.45) is 0 Å². The fraction of sp³-hybridized carbons (Fsp3) is 0.150. The first-order valence-corrected chi connectivity index (χ1v) is 8.84. The molecule has 0 aliphatic heterocycles. The van der Waals surface area contributed by atoms with E-state index in [4.69, 9.17) is 20.9 Å². The maximum Gasteiger partial charge on any atom is 0.276 e. The third-order valence-electron chi connectivity index (χ3n) is 3.99. The number of para-hydroxylation sites is 1. The lowest BCUT2D eigenvalue weighted by atomic mass is 10.1. The molecule has 0 spiro atoms. The minimum atomic E-state index is -0.571. The van der Waals surface area contributed by atoms with Crippen LogP contribution in [0.2, 0.25) is 5.02 Å². The highest BCUT2D eigenvalue weighted by Gasteiger charge is 2.23. The van der Waals surface area contributed by atoms with Gasteiger partial charge in [-0.25, -0.2) is 0 Å². The van der Waals surface area contributed by atoms with E-state index in [0.717, 1.165) is 5.56 Å². The van der Waals surface area contributed by atoms with Crippen LogP contribution in [-0.4, -0.2) is 23.6 Å². The van der Waals surface area contributed by atoms with Gasteiger partial charge in [-0.2, -0.15) is 0 Å². The molecule has 2 amide bonds. The number of benzene rings is 2. The van der Waals surface area contributed by atoms with Crippen LogP contribution in [0, 0.1) is 13.8 Å². The normalized spacial score (nSPS) is 10.4. The fourth-order valence-electron chi connectivity index (χ4n) is 2.56. The second kappa shape index (κ2) is 8.58. The molecule has 0 saturated carbocycles. The molecule has 0 aliphatic carbocycles. The highest BCUT2D eigenvalue weighted by Crippen LogP contribution is 2.30. The monoisotopic (exact) mass is 399 g/mol. The van der Waals surface area contributed by atoms with Gasteiger partial charge in [0.2, 0.25) is 0 Å². The van der Waals surface area contributed by atoms with Crippen molar-refractivity contribution in [3.63, 3.8) is 0 Å². The topological polar surface area (TPSA) is 93.5 Å². The van der Waals surface area contributed by atoms with E-state index in [2.05, 4.69) is 16.0 Å². The zero-order valence-electron chi connectivity index (χ0n) is 15.3. The second-order valence-corrected chi connectivity index (χ2v) is 6.41. The summed E-state index contributed by atoms with van der Waals surface area (Å²) in [5.41, 5.74) is 6.61. The first kappa shape index (κ1) is 19.4. The quantitative estimate of drug-likeness (QED) is 0.641. The first-order valence-electron chi connectivity index (χ1n) is 8.46. The molecule has 2 aromatic carbocycles. The number of nitrogens with zero attached hydrogens (tertiary/aromatic N) is 1. The Bertz CT molecular complexity index is 1020. The minimum Gasteiger partial charge on any atom is -0.483 e. The predicted molar refractivity (Wildman–Crippen MR) is 104 cm³/mol. The number of hydrazine groups is 1. The van der Waals surface area contributed by atoms with E-state index in [1.54, 1.807) is 37.3 Å². The highest BCUT2D eigenvalue weighted by atomic mass is 35.5. The molecular formula is C20H18ClN3O4. The summed E-state index contributed by atoms with van der Waals surface area (Å²) in [5, 5.41) is 4.35. The predicted octanol–water partition coefficient (Wildman–Crippen LogP) is 3.45. The van der Waals surface area contributed by atoms with Gasteiger partial charge in [-0.15, -0.1) is 0 Å². The molecule has 0 atom stereocenters. The molecule has 3 rings (SSSR count). The van der Waals surface area contributed by atoms with E-state index in [9.17, 15) is 9.59 Å². The van der Waals surface area contributed by atoms with Gasteiger partial charge in [0.1, 0.15) is 22.8 Å². The Balaban J connectivity index is 1.64. The Morgan fingerprint density at radius 3 is 2.54 bits per heavy atom. The lowest BCUT2D eigenvalue weighted by molar-refractivity contribution is -0.123. The van der Waals surface area contributed by atoms with Gasteiger partial charge in [0.15, 0.2) is 6.61 Å². The van der Waals surface area contributed by atoms with Crippen LogP contribution in [0.15, 0.2) is 53.1 Å². The number of hydrogen-bond donors (Lipinski definition) is 2. The Morgan fingerprint density at radius 1 is 1.07 bits per heavy atom. The average molecular weight is 400 g/mol. The maximum absolute atomic E-state index is 12.6. The van der Waals surface area contributed by atoms with Crippen molar-refractivity contribution >= 4 is 23.4 Å². The van der Waals surface area contributed by atoms with Crippen LogP contribution >= 0.6 is 11.6 Å². The molecule has 0 unspecified atom stereocenters. The van der Waals surface area contributed by atoms with Crippen LogP contribution in [0.5, 0.6) is 5.75 Å². The van der Waals surface area contributed by atoms with Crippen molar-refractivity contribution < 1.29 is 18.8 Å². The summed E-state index contributed by atoms with van der Waals surface area (Å²) >= 11 is 6.18. The van der Waals surface area contributed by atoms with Crippen LogP contribution in [0.25, 0.3) is 11.3 Å². The molecular weight excluding hydrogens is 382 g/mol. The van der Waals surface area contributed by atoms with E-state index in [0.29, 0.717) is 27.8 Å². The lowest BCUT2D eigenvalue weighted by Gasteiger charge is -2.10. The molecule has 8 heteroatoms. The number of hydrogen-bond acceptors (Lipinski definition) is 5. The van der Waals surface area contributed by atoms with Gasteiger partial charge < -0.3 is 9.26 Å². The molecule has 0 saturated heterocycles. The second-order valence-electron chi connectivity index (χ2n) is 6.00. The number of carbonyl (C=O) groups excluding carboxylic acids is 2. The molecule has 0 bridgehead atoms. The molecule has 0 radical (unpaired) electrons. The number of aryl methyl sites for hydroxylation is 2. The summed E-state index contributed by atoms with van der Waals surface area (Å²) in [5.74, 6) is -0.180. The lowest BCUT2D eigenvalue weighted by Crippen LogP contribution is -2.44. The van der Waals surface area contributed by atoms with Crippen molar-refractivity contribution in [2.75, 3.05) is 6.61 Å². The van der Waals surface area contributed by atoms with Crippen molar-refractivity contribution in [3.8, 4) is 17.0 Å². The molecule has 0 aliphatic rings. The van der Waals surface area contributed by atoms with Crippen LogP contribution in [0.3, 0.4) is 0 Å². The summed E-state index contributed by atoms with van der Waals surface area (Å²) in [7, 11) is 0. The van der Waals surface area contributed by atoms with Gasteiger partial charge in [-0.1, -0.05) is 53.2 Å². The van der Waals surface area contributed by atoms with E-state index in [1.165, 1.54) is 0 Å². The van der Waals surface area contributed by atoms with E-state index >= 15 is 0 Å². The number of ether oxygens (including phenoxy) is 1. The standard InChI is InChI=1S/C20H18ClN3O4/c1-12-7-3-6-10-16(12)27-11-17(25)22-23-20(26)18-13(2)28-24-19(18)14-8-4-5-9-15(14)21/h3-10H,11H2,1-2H3,(H,22,25)(H,23,26). The summed E-state index contributed by atoms with van der Waals surface area (Å²) in [6.07, 6.45) is 0. The van der Waals surface area contributed by atoms with Gasteiger partial charge in [-0.05, 0) is 31.5 Å². The van der Waals surface area contributed by atoms with Crippen molar-refractivity contribution in [3.05, 3.63) is 70.4 Å². The molecule has 2 N–H and O–H groups in total. The summed E-state index contributed by atoms with van der Waals surface area (Å²) < 4.78 is 10.6. The number of amides is 2. The van der Waals surface area contributed by atoms with Crippen LogP contribution in [-0.2, 0) is 4.79 Å². The number of halogens is 1. The zero-order valence-corrected chi connectivity index (χ0v) is 16.0. The SMILES string of the molecule is Cc1ccccc1OCC(=O)NNC(=O)c1c(-c2ccccc2Cl)noc1C. The van der Waals surface area contributed by atoms with Crippen LogP contribution < -0.4 is 15.6 Å². The van der Waals surface area contributed by atoms with Crippen molar-refractivity contribution in [1.82, 2.24) is 16.0 Å². The number of rotatable bonds is 5. The van der Waals surface area contributed by atoms with Gasteiger partial charge in [0, 0.05) is 5.56 Å². The van der Waals surface area contributed by atoms with Crippen LogP contribution in [0.1, 0.15) is 21.7 Å². The van der Waals surface area contributed by atoms with Crippen molar-refractivity contribution in [2.45, 2.75) is 13.8 Å². The maximum atomic E-state index is 12.6. The Hall–Kier alpha value is -3.32. The molecule has 7 nitrogen and oxygen atoms in total. The van der Waals surface area contributed by atoms with Crippen molar-refractivity contribution in [1.29, 1.82) is 0 Å². The average Bonchev–Trinajstić information content (AvgIpc) is 3.07. The van der Waals surface area contributed by atoms with E-state index in [1.807, 2.05) is 25.1 Å². The van der Waals surface area contributed by atoms with Gasteiger partial charge in [0.05, 0.1) is 5.02 Å². The molecule has 28 heavy (non-hydrogen) atoms. The van der Waals surface area contributed by atoms with E-state index in [-0.39, 0.29) is 12.2 Å². The Kier molecular flexibility index (Phi) is 5.96. The van der Waals surface area contributed by atoms with Gasteiger partial charge in [-0.3, -0.25) is 20.4 Å². The third kappa shape index (κ3) is 4.32. The summed E-state index contributed by atoms with van der Waals surface area (Å²) in [6.45, 7) is 3.23. The highest BCUT2D eigenvalue weighted by molar-refractivity contribution is 6.33. The number of carbonyl (C=O) groups is 2. The largest absolute Gasteiger partial charge is 0.483 e. The summed E-state index contributed by atoms with van der Waals surface area (Å²) in [6, 6.07) is 14.3. The fourth-order valence-corrected chi connectivity index (χ4v) is 2.79. The number of nitrogens with one attached hydrogen (secondary N) is 2. The van der Waals surface area contributed by atoms with Gasteiger partial charge in [0.25, 0.3) is 11.8 Å². The molecule has 0 fully saturated rings. The van der Waals surface area contributed by atoms with Crippen LogP contribution in [0.4, 0.5) is 0 Å². The Morgan fingerprint density at radius 2 is 1.79 bits per heavy atom. The molecule has 1 heterocycles. The third-order valence-corrected chi connectivity index (χ3v) is 4.32. The minimum absolute atomic E-state index is 0.188. The molecule has 144 valence electrons. The first-order chi connectivity index (χ1) is 13.5. The van der Waals surface area contributed by atoms with Gasteiger partial charge >= 0.3 is 0 Å². The van der Waals surface area contributed by atoms with E-state index < -0.39 is 11.8 Å². The zero-order chi connectivity index (χ0) is 20.1. The number of aromatic nitrogens is 1. The molecule has 1 aromatic heterocycles. The Labute approximate surface area is 166 Å².